The number of piperidine rings is 1. The fourth-order valence-electron chi connectivity index (χ4n) is 4.10. The summed E-state index contributed by atoms with van der Waals surface area (Å²) in [5.41, 5.74) is 3.78. The first-order chi connectivity index (χ1) is 16.0. The molecule has 2 aromatic heterocycles. The van der Waals surface area contributed by atoms with Gasteiger partial charge in [-0.25, -0.2) is 4.52 Å². The van der Waals surface area contributed by atoms with Gasteiger partial charge in [0, 0.05) is 24.3 Å². The van der Waals surface area contributed by atoms with Gasteiger partial charge in [-0.2, -0.15) is 4.98 Å². The Hall–Kier alpha value is -3.91. The zero-order valence-corrected chi connectivity index (χ0v) is 18.4. The molecule has 5 rings (SSSR count). The summed E-state index contributed by atoms with van der Waals surface area (Å²) >= 11 is 0. The van der Waals surface area contributed by atoms with Gasteiger partial charge in [-0.3, -0.25) is 4.79 Å². The molecule has 0 radical (unpaired) electrons. The molecule has 33 heavy (non-hydrogen) atoms. The molecule has 0 unspecified atom stereocenters. The van der Waals surface area contributed by atoms with Crippen molar-refractivity contribution < 1.29 is 11.3 Å². The summed E-state index contributed by atoms with van der Waals surface area (Å²) in [4.78, 5) is 19.4. The molecule has 0 atom stereocenters. The molecule has 3 N–H and O–H groups in total. The number of carbonyl (C=O) groups excluding carboxylic acids is 1. The Balaban J connectivity index is 0.00000274. The smallest absolute Gasteiger partial charge is 0.251 e. The van der Waals surface area contributed by atoms with E-state index < -0.39 is 0 Å². The van der Waals surface area contributed by atoms with Crippen LogP contribution in [0, 0.1) is 0 Å². The van der Waals surface area contributed by atoms with Crippen molar-refractivity contribution in [2.45, 2.75) is 18.9 Å². The number of nitrogens with one attached hydrogen (secondary N) is 2. The lowest BCUT2D eigenvalue weighted by molar-refractivity contribution is 0.0917. The predicted octanol–water partition coefficient (Wildman–Crippen LogP) is 3.92. The van der Waals surface area contributed by atoms with E-state index in [0.717, 1.165) is 42.9 Å². The molecule has 2 aromatic carbocycles. The van der Waals surface area contributed by atoms with Crippen molar-refractivity contribution >= 4 is 23.2 Å². The summed E-state index contributed by atoms with van der Waals surface area (Å²) in [5, 5.41) is 20.7. The zero-order valence-electron chi connectivity index (χ0n) is 18.4. The normalized spacial score (nSPS) is 14.9. The molecular weight excluding hydrogens is 416 g/mol. The second-order valence-corrected chi connectivity index (χ2v) is 8.42. The van der Waals surface area contributed by atoms with E-state index in [0.29, 0.717) is 17.2 Å². The van der Waals surface area contributed by atoms with E-state index >= 15 is 0 Å². The highest BCUT2D eigenvalue weighted by Crippen LogP contribution is 2.25. The molecule has 0 spiro atoms. The van der Waals surface area contributed by atoms with Crippen molar-refractivity contribution in [1.82, 2.24) is 24.8 Å². The lowest BCUT2D eigenvalue weighted by Crippen LogP contribution is -2.43. The first-order valence-electron chi connectivity index (χ1n) is 11.1. The van der Waals surface area contributed by atoms with Crippen molar-refractivity contribution in [3.8, 4) is 17.0 Å². The summed E-state index contributed by atoms with van der Waals surface area (Å²) in [5.74, 6) is 0.603. The van der Waals surface area contributed by atoms with Crippen LogP contribution < -0.4 is 10.6 Å². The Labute approximate surface area is 193 Å². The monoisotopic (exact) mass is 444 g/mol. The number of pyridine rings is 1. The van der Waals surface area contributed by atoms with E-state index in [1.807, 2.05) is 36.4 Å². The molecule has 1 aliphatic heterocycles. The van der Waals surface area contributed by atoms with E-state index in [1.54, 1.807) is 34.8 Å². The number of benzene rings is 2. The minimum absolute atomic E-state index is 0. The van der Waals surface area contributed by atoms with Crippen LogP contribution in [0.25, 0.3) is 16.9 Å². The number of phenolic OH excluding ortho intramolecular Hbond substituents is 1. The average Bonchev–Trinajstić information content (AvgIpc) is 3.23. The van der Waals surface area contributed by atoms with Gasteiger partial charge in [0.15, 0.2) is 5.65 Å². The van der Waals surface area contributed by atoms with Gasteiger partial charge < -0.3 is 20.6 Å². The number of aromatic nitrogens is 3. The number of likely N-dealkylation sites (tertiary alicyclic amines) is 1. The van der Waals surface area contributed by atoms with Crippen molar-refractivity contribution in [3.05, 3.63) is 72.3 Å². The van der Waals surface area contributed by atoms with Crippen LogP contribution in [0.5, 0.6) is 5.75 Å². The minimum atomic E-state index is -0.0438. The summed E-state index contributed by atoms with van der Waals surface area (Å²) < 4.78 is 1.74. The Kier molecular flexibility index (Phi) is 5.66. The third-order valence-electron chi connectivity index (χ3n) is 5.96. The number of amides is 1. The molecule has 0 aliphatic carbocycles. The van der Waals surface area contributed by atoms with Gasteiger partial charge in [0.25, 0.3) is 5.91 Å². The number of rotatable bonds is 5. The highest BCUT2D eigenvalue weighted by atomic mass is 16.3. The van der Waals surface area contributed by atoms with E-state index in [4.69, 9.17) is 0 Å². The van der Waals surface area contributed by atoms with Crippen LogP contribution in [0.4, 0.5) is 11.6 Å². The molecule has 8 heteroatoms. The Morgan fingerprint density at radius 3 is 2.58 bits per heavy atom. The first kappa shape index (κ1) is 21.0. The second kappa shape index (κ2) is 8.91. The maximum absolute atomic E-state index is 12.6. The molecule has 1 saturated heterocycles. The highest BCUT2D eigenvalue weighted by Gasteiger charge is 2.19. The van der Waals surface area contributed by atoms with Crippen LogP contribution in [0.1, 0.15) is 24.6 Å². The molecular formula is C25H28N6O2. The van der Waals surface area contributed by atoms with Crippen molar-refractivity contribution in [3.63, 3.8) is 0 Å². The van der Waals surface area contributed by atoms with Gasteiger partial charge in [0.05, 0.1) is 5.69 Å². The molecule has 1 aliphatic rings. The summed E-state index contributed by atoms with van der Waals surface area (Å²) in [6.07, 6.45) is 1.96. The molecule has 4 aromatic rings. The molecule has 1 fully saturated rings. The van der Waals surface area contributed by atoms with E-state index in [2.05, 4.69) is 32.7 Å². The van der Waals surface area contributed by atoms with Gasteiger partial charge in [-0.1, -0.05) is 18.2 Å². The third-order valence-corrected chi connectivity index (χ3v) is 5.96. The topological polar surface area (TPSA) is 94.8 Å². The van der Waals surface area contributed by atoms with Crippen molar-refractivity contribution in [2.24, 2.45) is 0 Å². The van der Waals surface area contributed by atoms with Gasteiger partial charge >= 0.3 is 0 Å². The number of aromatic hydroxyl groups is 1. The van der Waals surface area contributed by atoms with Crippen LogP contribution in [-0.2, 0) is 0 Å². The number of hydrogen-bond donors (Lipinski definition) is 3. The zero-order chi connectivity index (χ0) is 22.8. The number of fused-ring (bicyclic) bond motifs is 1. The number of nitrogens with zero attached hydrogens (tertiary/aromatic N) is 4. The maximum Gasteiger partial charge on any atom is 0.251 e. The number of hydrogen-bond acceptors (Lipinski definition) is 6. The molecule has 8 nitrogen and oxygen atoms in total. The Bertz CT molecular complexity index is 1280. The SMILES string of the molecule is CN1CCC(NC(=O)c2ccc(Nc3nc4cccc(-c5cccc(O)c5)n4n3)cc2)CC1.[HH]. The summed E-state index contributed by atoms with van der Waals surface area (Å²) in [6, 6.07) is 20.3. The van der Waals surface area contributed by atoms with Crippen LogP contribution >= 0.6 is 0 Å². The quantitative estimate of drug-likeness (QED) is 0.432. The molecule has 0 saturated carbocycles. The fourth-order valence-corrected chi connectivity index (χ4v) is 4.10. The largest absolute Gasteiger partial charge is 0.508 e. The number of phenols is 1. The van der Waals surface area contributed by atoms with Crippen LogP contribution in [0.3, 0.4) is 0 Å². The van der Waals surface area contributed by atoms with Crippen LogP contribution in [-0.4, -0.2) is 56.7 Å². The lowest BCUT2D eigenvalue weighted by Gasteiger charge is -2.29. The van der Waals surface area contributed by atoms with E-state index in [-0.39, 0.29) is 19.1 Å². The lowest BCUT2D eigenvalue weighted by atomic mass is 10.0. The molecule has 3 heterocycles. The van der Waals surface area contributed by atoms with Crippen molar-refractivity contribution in [2.75, 3.05) is 25.5 Å². The van der Waals surface area contributed by atoms with Gasteiger partial charge in [0.2, 0.25) is 5.95 Å². The van der Waals surface area contributed by atoms with Gasteiger partial charge in [0.1, 0.15) is 5.75 Å². The summed E-state index contributed by atoms with van der Waals surface area (Å²) in [7, 11) is 2.11. The van der Waals surface area contributed by atoms with E-state index in [1.165, 1.54) is 0 Å². The fraction of sp³-hybridized carbons (Fsp3) is 0.240. The number of anilines is 2. The average molecular weight is 445 g/mol. The second-order valence-electron chi connectivity index (χ2n) is 8.42. The maximum atomic E-state index is 12.6. The van der Waals surface area contributed by atoms with Gasteiger partial charge in [-0.15, -0.1) is 5.10 Å². The molecule has 0 bridgehead atoms. The van der Waals surface area contributed by atoms with Crippen LogP contribution in [0.2, 0.25) is 0 Å². The standard InChI is InChI=1S/C25H26N6O2.H2/c1-30-14-12-20(13-15-30)26-24(33)17-8-10-19(11-9-17)27-25-28-23-7-3-6-22(31(23)29-25)18-4-2-5-21(32)16-18;/h2-11,16,20,32H,12-15H2,1H3,(H,26,33)(H,27,29);1H. The first-order valence-corrected chi connectivity index (χ1v) is 11.1. The molecule has 1 amide bonds. The Morgan fingerprint density at radius 1 is 1.06 bits per heavy atom. The number of carbonyl (C=O) groups is 1. The Morgan fingerprint density at radius 2 is 1.82 bits per heavy atom. The van der Waals surface area contributed by atoms with Crippen LogP contribution in [0.15, 0.2) is 66.7 Å². The third kappa shape index (κ3) is 4.65. The van der Waals surface area contributed by atoms with Gasteiger partial charge in [-0.05, 0) is 81.5 Å². The minimum Gasteiger partial charge on any atom is -0.508 e. The summed E-state index contributed by atoms with van der Waals surface area (Å²) in [6.45, 7) is 2.01. The van der Waals surface area contributed by atoms with Crippen molar-refractivity contribution in [1.29, 1.82) is 0 Å². The molecule has 170 valence electrons. The van der Waals surface area contributed by atoms with E-state index in [9.17, 15) is 9.90 Å². The highest BCUT2D eigenvalue weighted by molar-refractivity contribution is 5.94. The predicted molar refractivity (Wildman–Crippen MR) is 130 cm³/mol.